The highest BCUT2D eigenvalue weighted by atomic mass is 16.5. The Hall–Kier alpha value is -2.83. The second-order valence-corrected chi connectivity index (χ2v) is 6.81. The summed E-state index contributed by atoms with van der Waals surface area (Å²) < 4.78 is 11.7. The van der Waals surface area contributed by atoms with Gasteiger partial charge in [-0.3, -0.25) is 9.59 Å². The van der Waals surface area contributed by atoms with Crippen LogP contribution in [0.5, 0.6) is 0 Å². The first-order valence-corrected chi connectivity index (χ1v) is 8.78. The lowest BCUT2D eigenvalue weighted by molar-refractivity contribution is 0.0540. The molecular weight excluding hydrogens is 348 g/mol. The van der Waals surface area contributed by atoms with Crippen molar-refractivity contribution in [3.8, 4) is 0 Å². The maximum absolute atomic E-state index is 13.3. The van der Waals surface area contributed by atoms with Gasteiger partial charge in [0.05, 0.1) is 19.4 Å². The second-order valence-electron chi connectivity index (χ2n) is 6.81. The molecule has 7 heteroatoms. The molecule has 2 aromatic rings. The van der Waals surface area contributed by atoms with Gasteiger partial charge in [-0.05, 0) is 52.3 Å². The fourth-order valence-corrected chi connectivity index (χ4v) is 3.45. The van der Waals surface area contributed by atoms with Crippen LogP contribution >= 0.6 is 0 Å². The lowest BCUT2D eigenvalue weighted by Crippen LogP contribution is -2.47. The van der Waals surface area contributed by atoms with E-state index >= 15 is 0 Å². The van der Waals surface area contributed by atoms with Crippen molar-refractivity contribution in [2.75, 3.05) is 7.11 Å². The second kappa shape index (κ2) is 7.82. The zero-order chi connectivity index (χ0) is 20.5. The molecule has 0 N–H and O–H groups in total. The van der Waals surface area contributed by atoms with E-state index in [9.17, 15) is 14.4 Å². The van der Waals surface area contributed by atoms with Gasteiger partial charge in [-0.2, -0.15) is 0 Å². The van der Waals surface area contributed by atoms with Crippen molar-refractivity contribution in [1.82, 2.24) is 9.47 Å². The van der Waals surface area contributed by atoms with Crippen molar-refractivity contribution in [3.05, 3.63) is 46.7 Å². The van der Waals surface area contributed by atoms with Gasteiger partial charge >= 0.3 is 5.97 Å². The summed E-state index contributed by atoms with van der Waals surface area (Å²) in [5.41, 5.74) is 1.97. The van der Waals surface area contributed by atoms with E-state index in [2.05, 4.69) is 0 Å². The van der Waals surface area contributed by atoms with Crippen molar-refractivity contribution in [2.24, 2.45) is 7.05 Å². The Bertz CT molecular complexity index is 862. The standard InChI is InChI=1S/C20H26N2O5/c1-11(2)22(19(24)15-9-8-10-27-15)14(5)18(23)16-12(3)17(20(25)26-7)21(6)13(16)4/h8-11,14H,1-7H3. The molecule has 1 amide bonds. The smallest absolute Gasteiger partial charge is 0.354 e. The fraction of sp³-hybridized carbons (Fsp3) is 0.450. The van der Waals surface area contributed by atoms with Crippen molar-refractivity contribution >= 4 is 17.7 Å². The van der Waals surface area contributed by atoms with Crippen LogP contribution in [0.2, 0.25) is 0 Å². The number of carbonyl (C=O) groups is 3. The van der Waals surface area contributed by atoms with Crippen molar-refractivity contribution < 1.29 is 23.5 Å². The number of amides is 1. The first-order valence-electron chi connectivity index (χ1n) is 8.78. The summed E-state index contributed by atoms with van der Waals surface area (Å²) in [6.45, 7) is 8.86. The Morgan fingerprint density at radius 2 is 1.81 bits per heavy atom. The number of nitrogens with zero attached hydrogens (tertiary/aromatic N) is 2. The van der Waals surface area contributed by atoms with E-state index in [1.54, 1.807) is 44.5 Å². The van der Waals surface area contributed by atoms with E-state index in [1.165, 1.54) is 18.3 Å². The van der Waals surface area contributed by atoms with Crippen LogP contribution in [0.3, 0.4) is 0 Å². The van der Waals surface area contributed by atoms with Crippen LogP contribution in [0.15, 0.2) is 22.8 Å². The van der Waals surface area contributed by atoms with Gasteiger partial charge in [-0.15, -0.1) is 0 Å². The van der Waals surface area contributed by atoms with Crippen LogP contribution in [-0.2, 0) is 11.8 Å². The van der Waals surface area contributed by atoms with Crippen molar-refractivity contribution in [3.63, 3.8) is 0 Å². The molecule has 0 fully saturated rings. The number of furan rings is 1. The highest BCUT2D eigenvalue weighted by Gasteiger charge is 2.34. The number of aromatic nitrogens is 1. The molecule has 2 heterocycles. The Balaban J connectivity index is 2.47. The normalized spacial score (nSPS) is 12.1. The van der Waals surface area contributed by atoms with Gasteiger partial charge in [0.15, 0.2) is 11.5 Å². The van der Waals surface area contributed by atoms with E-state index in [0.717, 1.165) is 0 Å². The predicted octanol–water partition coefficient (Wildman–Crippen LogP) is 3.14. The summed E-state index contributed by atoms with van der Waals surface area (Å²) in [4.78, 5) is 39.7. The monoisotopic (exact) mass is 374 g/mol. The molecule has 1 atom stereocenters. The minimum Gasteiger partial charge on any atom is -0.464 e. The molecule has 2 aromatic heterocycles. The molecule has 27 heavy (non-hydrogen) atoms. The molecule has 0 radical (unpaired) electrons. The molecule has 0 saturated carbocycles. The molecule has 0 spiro atoms. The molecule has 1 unspecified atom stereocenters. The molecule has 0 bridgehead atoms. The highest BCUT2D eigenvalue weighted by molar-refractivity contribution is 6.07. The molecule has 0 aliphatic heterocycles. The van der Waals surface area contributed by atoms with Gasteiger partial charge in [0.1, 0.15) is 5.69 Å². The number of hydrogen-bond donors (Lipinski definition) is 0. The van der Waals surface area contributed by atoms with Crippen LogP contribution < -0.4 is 0 Å². The lowest BCUT2D eigenvalue weighted by Gasteiger charge is -2.31. The van der Waals surface area contributed by atoms with Gasteiger partial charge < -0.3 is 18.6 Å². The number of ether oxygens (including phenoxy) is 1. The van der Waals surface area contributed by atoms with E-state index in [0.29, 0.717) is 22.5 Å². The van der Waals surface area contributed by atoms with Crippen LogP contribution in [0, 0.1) is 13.8 Å². The third kappa shape index (κ3) is 3.54. The van der Waals surface area contributed by atoms with Gasteiger partial charge in [0.2, 0.25) is 0 Å². The topological polar surface area (TPSA) is 81.8 Å². The average molecular weight is 374 g/mol. The van der Waals surface area contributed by atoms with Crippen LogP contribution in [0.1, 0.15) is 63.4 Å². The SMILES string of the molecule is COC(=O)c1c(C)c(C(=O)C(C)N(C(=O)c2ccco2)C(C)C)c(C)n1C. The number of methoxy groups -OCH3 is 1. The zero-order valence-electron chi connectivity index (χ0n) is 16.8. The number of esters is 1. The van der Waals surface area contributed by atoms with Crippen LogP contribution in [0.25, 0.3) is 0 Å². The van der Waals surface area contributed by atoms with E-state index < -0.39 is 12.0 Å². The zero-order valence-corrected chi connectivity index (χ0v) is 16.8. The third-order valence-corrected chi connectivity index (χ3v) is 4.88. The third-order valence-electron chi connectivity index (χ3n) is 4.88. The molecule has 146 valence electrons. The Kier molecular flexibility index (Phi) is 5.93. The number of rotatable bonds is 6. The first-order chi connectivity index (χ1) is 12.6. The highest BCUT2D eigenvalue weighted by Crippen LogP contribution is 2.25. The van der Waals surface area contributed by atoms with E-state index in [-0.39, 0.29) is 23.5 Å². The summed E-state index contributed by atoms with van der Waals surface area (Å²) in [6.07, 6.45) is 1.42. The summed E-state index contributed by atoms with van der Waals surface area (Å²) in [5.74, 6) is -0.906. The number of Topliss-reactive ketones (excluding diaryl/α,β-unsaturated/α-hetero) is 1. The fourth-order valence-electron chi connectivity index (χ4n) is 3.45. The summed E-state index contributed by atoms with van der Waals surface area (Å²) in [6, 6.07) is 2.26. The number of carbonyl (C=O) groups excluding carboxylic acids is 3. The molecule has 2 rings (SSSR count). The molecule has 0 saturated heterocycles. The molecule has 0 aliphatic rings. The summed E-state index contributed by atoms with van der Waals surface area (Å²) in [5, 5.41) is 0. The molecular formula is C20H26N2O5. The quantitative estimate of drug-likeness (QED) is 0.573. The Morgan fingerprint density at radius 3 is 2.30 bits per heavy atom. The minimum absolute atomic E-state index is 0.181. The van der Waals surface area contributed by atoms with E-state index in [4.69, 9.17) is 9.15 Å². The van der Waals surface area contributed by atoms with Crippen molar-refractivity contribution in [2.45, 2.75) is 46.7 Å². The Morgan fingerprint density at radius 1 is 1.19 bits per heavy atom. The molecule has 7 nitrogen and oxygen atoms in total. The first kappa shape index (κ1) is 20.5. The van der Waals surface area contributed by atoms with Gasteiger partial charge in [-0.1, -0.05) is 0 Å². The maximum atomic E-state index is 13.3. The van der Waals surface area contributed by atoms with Crippen LogP contribution in [0.4, 0.5) is 0 Å². The minimum atomic E-state index is -0.729. The largest absolute Gasteiger partial charge is 0.464 e. The van der Waals surface area contributed by atoms with Gasteiger partial charge in [-0.25, -0.2) is 4.79 Å². The Labute approximate surface area is 158 Å². The van der Waals surface area contributed by atoms with Crippen molar-refractivity contribution in [1.29, 1.82) is 0 Å². The summed E-state index contributed by atoms with van der Waals surface area (Å²) in [7, 11) is 3.01. The predicted molar refractivity (Wildman–Crippen MR) is 100 cm³/mol. The number of ketones is 1. The lowest BCUT2D eigenvalue weighted by atomic mass is 9.99. The van der Waals surface area contributed by atoms with E-state index in [1.807, 2.05) is 13.8 Å². The average Bonchev–Trinajstić information content (AvgIpc) is 3.22. The van der Waals surface area contributed by atoms with Gasteiger partial charge in [0.25, 0.3) is 5.91 Å². The summed E-state index contributed by atoms with van der Waals surface area (Å²) >= 11 is 0. The number of hydrogen-bond acceptors (Lipinski definition) is 5. The van der Waals surface area contributed by atoms with Gasteiger partial charge in [0, 0.05) is 24.3 Å². The maximum Gasteiger partial charge on any atom is 0.354 e. The van der Waals surface area contributed by atoms with Crippen LogP contribution in [-0.4, -0.2) is 46.3 Å². The molecule has 0 aliphatic carbocycles. The molecule has 0 aromatic carbocycles.